The molecule has 1 amide bonds. The number of ether oxygens (including phenoxy) is 2. The van der Waals surface area contributed by atoms with E-state index >= 15 is 0 Å². The summed E-state index contributed by atoms with van der Waals surface area (Å²) in [5.74, 6) is 1.36. The van der Waals surface area contributed by atoms with Gasteiger partial charge in [0.05, 0.1) is 5.56 Å². The third-order valence-electron chi connectivity index (χ3n) is 6.27. The number of hydrogen-bond donors (Lipinski definition) is 2. The molecule has 0 aliphatic heterocycles. The van der Waals surface area contributed by atoms with E-state index in [1.54, 1.807) is 0 Å². The summed E-state index contributed by atoms with van der Waals surface area (Å²) in [6.07, 6.45) is 0. The number of carbonyl (C=O) groups is 1. The third-order valence-corrected chi connectivity index (χ3v) is 6.27. The minimum Gasteiger partial charge on any atom is -0.488 e. The Morgan fingerprint density at radius 2 is 1.60 bits per heavy atom. The number of H-pyrrole nitrogens is 1. The summed E-state index contributed by atoms with van der Waals surface area (Å²) in [6.45, 7) is 7.12. The van der Waals surface area contributed by atoms with Crippen LogP contribution in [0.2, 0.25) is 0 Å². The summed E-state index contributed by atoms with van der Waals surface area (Å²) in [5, 5.41) is 21.2. The van der Waals surface area contributed by atoms with Crippen LogP contribution in [0.4, 0.5) is 0 Å². The molecule has 10 nitrogen and oxygen atoms in total. The molecule has 5 aromatic rings. The quantitative estimate of drug-likeness (QED) is 0.224. The molecule has 3 aromatic carbocycles. The SMILES string of the molecule is CCNC(=O)c1noc(-c2cc(C(C)C)c(OCc3ccccc3)cc2OCc2ccccc2)c1-c1nn[nH]n1. The Labute approximate surface area is 231 Å². The van der Waals surface area contributed by atoms with Crippen molar-refractivity contribution in [3.63, 3.8) is 0 Å². The fraction of sp³-hybridized carbons (Fsp3) is 0.233. The highest BCUT2D eigenvalue weighted by molar-refractivity contribution is 6.01. The van der Waals surface area contributed by atoms with Crippen molar-refractivity contribution in [1.29, 1.82) is 0 Å². The number of benzene rings is 3. The molecular formula is C30H30N6O4. The summed E-state index contributed by atoms with van der Waals surface area (Å²) in [5.41, 5.74) is 3.95. The van der Waals surface area contributed by atoms with Gasteiger partial charge in [-0.1, -0.05) is 79.7 Å². The molecule has 2 N–H and O–H groups in total. The Balaban J connectivity index is 1.63. The van der Waals surface area contributed by atoms with E-state index in [9.17, 15) is 4.79 Å². The van der Waals surface area contributed by atoms with Crippen LogP contribution < -0.4 is 14.8 Å². The number of nitrogens with zero attached hydrogens (tertiary/aromatic N) is 4. The maximum absolute atomic E-state index is 12.9. The molecule has 0 radical (unpaired) electrons. The molecule has 0 aliphatic rings. The Hall–Kier alpha value is -4.99. The molecule has 2 aromatic heterocycles. The lowest BCUT2D eigenvalue weighted by Gasteiger charge is -2.19. The molecule has 40 heavy (non-hydrogen) atoms. The molecule has 0 unspecified atom stereocenters. The molecular weight excluding hydrogens is 508 g/mol. The van der Waals surface area contributed by atoms with E-state index in [0.717, 1.165) is 16.7 Å². The van der Waals surface area contributed by atoms with Crippen molar-refractivity contribution in [1.82, 2.24) is 31.1 Å². The highest BCUT2D eigenvalue weighted by Crippen LogP contribution is 2.43. The average molecular weight is 539 g/mol. The first kappa shape index (κ1) is 26.6. The Morgan fingerprint density at radius 3 is 2.17 bits per heavy atom. The average Bonchev–Trinajstić information content (AvgIpc) is 3.66. The van der Waals surface area contributed by atoms with Crippen molar-refractivity contribution < 1.29 is 18.8 Å². The zero-order valence-electron chi connectivity index (χ0n) is 22.5. The zero-order chi connectivity index (χ0) is 27.9. The van der Waals surface area contributed by atoms with Crippen LogP contribution >= 0.6 is 0 Å². The smallest absolute Gasteiger partial charge is 0.274 e. The molecule has 0 saturated carbocycles. The van der Waals surface area contributed by atoms with E-state index in [1.807, 2.05) is 79.7 Å². The van der Waals surface area contributed by atoms with Crippen molar-refractivity contribution in [3.05, 3.63) is 95.2 Å². The van der Waals surface area contributed by atoms with Crippen LogP contribution in [0.25, 0.3) is 22.7 Å². The van der Waals surface area contributed by atoms with Gasteiger partial charge < -0.3 is 19.3 Å². The fourth-order valence-electron chi connectivity index (χ4n) is 4.27. The van der Waals surface area contributed by atoms with Crippen LogP contribution in [0, 0.1) is 0 Å². The van der Waals surface area contributed by atoms with Gasteiger partial charge in [0.25, 0.3) is 5.91 Å². The number of hydrogen-bond acceptors (Lipinski definition) is 8. The maximum Gasteiger partial charge on any atom is 0.274 e. The van der Waals surface area contributed by atoms with Crippen LogP contribution in [0.1, 0.15) is 53.9 Å². The van der Waals surface area contributed by atoms with Gasteiger partial charge in [-0.05, 0) is 40.8 Å². The van der Waals surface area contributed by atoms with Gasteiger partial charge in [-0.25, -0.2) is 0 Å². The largest absolute Gasteiger partial charge is 0.488 e. The minimum atomic E-state index is -0.407. The zero-order valence-corrected chi connectivity index (χ0v) is 22.5. The second-order valence-electron chi connectivity index (χ2n) is 9.42. The molecule has 5 rings (SSSR count). The monoisotopic (exact) mass is 538 g/mol. The van der Waals surface area contributed by atoms with Gasteiger partial charge >= 0.3 is 0 Å². The molecule has 0 spiro atoms. The molecule has 10 heteroatoms. The van der Waals surface area contributed by atoms with E-state index < -0.39 is 5.91 Å². The van der Waals surface area contributed by atoms with Gasteiger partial charge in [-0.3, -0.25) is 4.79 Å². The van der Waals surface area contributed by atoms with Crippen LogP contribution in [-0.4, -0.2) is 38.2 Å². The Morgan fingerprint density at radius 1 is 0.950 bits per heavy atom. The van der Waals surface area contributed by atoms with E-state index in [4.69, 9.17) is 14.0 Å². The predicted octanol–water partition coefficient (Wildman–Crippen LogP) is 5.55. The van der Waals surface area contributed by atoms with Crippen molar-refractivity contribution in [2.75, 3.05) is 6.54 Å². The van der Waals surface area contributed by atoms with Gasteiger partial charge in [0.1, 0.15) is 30.3 Å². The topological polar surface area (TPSA) is 128 Å². The van der Waals surface area contributed by atoms with Crippen molar-refractivity contribution in [3.8, 4) is 34.2 Å². The highest BCUT2D eigenvalue weighted by Gasteiger charge is 2.30. The Kier molecular flexibility index (Phi) is 8.15. The van der Waals surface area contributed by atoms with Crippen LogP contribution in [0.5, 0.6) is 11.5 Å². The van der Waals surface area contributed by atoms with E-state index in [-0.39, 0.29) is 17.4 Å². The first-order valence-corrected chi connectivity index (χ1v) is 13.1. The third kappa shape index (κ3) is 5.85. The van der Waals surface area contributed by atoms with E-state index in [2.05, 4.69) is 44.9 Å². The first-order valence-electron chi connectivity index (χ1n) is 13.1. The number of tetrazole rings is 1. The summed E-state index contributed by atoms with van der Waals surface area (Å²) < 4.78 is 18.5. The van der Waals surface area contributed by atoms with Crippen molar-refractivity contribution >= 4 is 5.91 Å². The predicted molar refractivity (Wildman–Crippen MR) is 149 cm³/mol. The van der Waals surface area contributed by atoms with Crippen molar-refractivity contribution in [2.45, 2.75) is 39.9 Å². The summed E-state index contributed by atoms with van der Waals surface area (Å²) in [4.78, 5) is 12.9. The van der Waals surface area contributed by atoms with E-state index in [1.165, 1.54) is 0 Å². The molecule has 2 heterocycles. The second kappa shape index (κ2) is 12.2. The normalized spacial score (nSPS) is 11.0. The first-order chi connectivity index (χ1) is 19.5. The summed E-state index contributed by atoms with van der Waals surface area (Å²) >= 11 is 0. The maximum atomic E-state index is 12.9. The summed E-state index contributed by atoms with van der Waals surface area (Å²) in [7, 11) is 0. The van der Waals surface area contributed by atoms with Gasteiger partial charge in [0.2, 0.25) is 5.82 Å². The molecule has 0 saturated heterocycles. The van der Waals surface area contributed by atoms with Gasteiger partial charge in [-0.2, -0.15) is 5.21 Å². The summed E-state index contributed by atoms with van der Waals surface area (Å²) in [6, 6.07) is 23.6. The molecule has 0 atom stereocenters. The number of carbonyl (C=O) groups excluding carboxylic acids is 1. The number of rotatable bonds is 11. The lowest BCUT2D eigenvalue weighted by Crippen LogP contribution is -2.23. The molecule has 0 aliphatic carbocycles. The van der Waals surface area contributed by atoms with E-state index in [0.29, 0.717) is 48.1 Å². The van der Waals surface area contributed by atoms with Crippen LogP contribution in [0.15, 0.2) is 77.3 Å². The van der Waals surface area contributed by atoms with Crippen LogP contribution in [0.3, 0.4) is 0 Å². The Bertz CT molecular complexity index is 1550. The fourth-order valence-corrected chi connectivity index (χ4v) is 4.27. The number of aromatic amines is 1. The molecule has 0 bridgehead atoms. The number of aromatic nitrogens is 5. The minimum absolute atomic E-state index is 0.0581. The highest BCUT2D eigenvalue weighted by atomic mass is 16.5. The van der Waals surface area contributed by atoms with Gasteiger partial charge in [-0.15, -0.1) is 10.2 Å². The van der Waals surface area contributed by atoms with Crippen LogP contribution in [-0.2, 0) is 13.2 Å². The lowest BCUT2D eigenvalue weighted by atomic mass is 9.96. The molecule has 0 fully saturated rings. The number of nitrogens with one attached hydrogen (secondary N) is 2. The lowest BCUT2D eigenvalue weighted by molar-refractivity contribution is 0.0947. The second-order valence-corrected chi connectivity index (χ2v) is 9.42. The molecule has 204 valence electrons. The van der Waals surface area contributed by atoms with Crippen molar-refractivity contribution in [2.24, 2.45) is 0 Å². The van der Waals surface area contributed by atoms with Gasteiger partial charge in [0, 0.05) is 12.6 Å². The standard InChI is InChI=1S/C30H30N6O4/c1-4-31-30(37)27-26(29-32-35-36-33-29)28(40-34-27)23-15-22(19(2)3)24(38-17-20-11-7-5-8-12-20)16-25(23)39-18-21-13-9-6-10-14-21/h5-16,19H,4,17-18H2,1-3H3,(H,31,37)(H,32,33,35,36). The van der Waals surface area contributed by atoms with Gasteiger partial charge in [0.15, 0.2) is 11.5 Å². The number of amides is 1.